The SMILES string of the molecule is Cc1cc(N)cnc1N(C)C(=O)OC(C)(C)C. The monoisotopic (exact) mass is 237 g/mol. The van der Waals surface area contributed by atoms with Gasteiger partial charge in [-0.15, -0.1) is 0 Å². The number of hydrogen-bond acceptors (Lipinski definition) is 4. The average Bonchev–Trinajstić information content (AvgIpc) is 2.14. The summed E-state index contributed by atoms with van der Waals surface area (Å²) in [4.78, 5) is 17.3. The number of ether oxygens (including phenoxy) is 1. The number of nitrogens with zero attached hydrogens (tertiary/aromatic N) is 2. The molecule has 0 spiro atoms. The first-order chi connectivity index (χ1) is 7.70. The molecule has 17 heavy (non-hydrogen) atoms. The number of nitrogen functional groups attached to an aromatic ring is 1. The van der Waals surface area contributed by atoms with Crippen LogP contribution >= 0.6 is 0 Å². The number of anilines is 2. The fourth-order valence-electron chi connectivity index (χ4n) is 1.36. The third-order valence-electron chi connectivity index (χ3n) is 2.06. The molecule has 0 atom stereocenters. The van der Waals surface area contributed by atoms with Gasteiger partial charge in [-0.2, -0.15) is 0 Å². The Labute approximate surface area is 102 Å². The van der Waals surface area contributed by atoms with Crippen LogP contribution in [-0.4, -0.2) is 23.7 Å². The zero-order chi connectivity index (χ0) is 13.2. The highest BCUT2D eigenvalue weighted by Gasteiger charge is 2.22. The maximum Gasteiger partial charge on any atom is 0.415 e. The molecule has 0 aromatic carbocycles. The Kier molecular flexibility index (Phi) is 3.60. The zero-order valence-electron chi connectivity index (χ0n) is 10.9. The first kappa shape index (κ1) is 13.3. The van der Waals surface area contributed by atoms with Gasteiger partial charge in [0.05, 0.1) is 11.9 Å². The molecule has 0 aliphatic carbocycles. The largest absolute Gasteiger partial charge is 0.443 e. The Morgan fingerprint density at radius 3 is 2.53 bits per heavy atom. The van der Waals surface area contributed by atoms with E-state index in [1.807, 2.05) is 27.7 Å². The molecule has 0 saturated heterocycles. The summed E-state index contributed by atoms with van der Waals surface area (Å²) in [6, 6.07) is 1.77. The number of aromatic nitrogens is 1. The van der Waals surface area contributed by atoms with Gasteiger partial charge in [-0.05, 0) is 39.3 Å². The lowest BCUT2D eigenvalue weighted by Gasteiger charge is -2.24. The highest BCUT2D eigenvalue weighted by Crippen LogP contribution is 2.19. The summed E-state index contributed by atoms with van der Waals surface area (Å²) < 4.78 is 5.25. The van der Waals surface area contributed by atoms with Crippen molar-refractivity contribution < 1.29 is 9.53 Å². The molecule has 0 fully saturated rings. The van der Waals surface area contributed by atoms with Crippen molar-refractivity contribution in [1.82, 2.24) is 4.98 Å². The molecule has 1 aromatic rings. The molecule has 0 aliphatic heterocycles. The maximum absolute atomic E-state index is 11.8. The van der Waals surface area contributed by atoms with Crippen LogP contribution in [0.3, 0.4) is 0 Å². The smallest absolute Gasteiger partial charge is 0.415 e. The highest BCUT2D eigenvalue weighted by atomic mass is 16.6. The maximum atomic E-state index is 11.8. The van der Waals surface area contributed by atoms with Gasteiger partial charge in [0.2, 0.25) is 0 Å². The van der Waals surface area contributed by atoms with Crippen LogP contribution in [0.4, 0.5) is 16.3 Å². The first-order valence-corrected chi connectivity index (χ1v) is 5.39. The van der Waals surface area contributed by atoms with E-state index in [9.17, 15) is 4.79 Å². The summed E-state index contributed by atoms with van der Waals surface area (Å²) in [6.07, 6.45) is 1.08. The van der Waals surface area contributed by atoms with E-state index in [1.54, 1.807) is 13.1 Å². The van der Waals surface area contributed by atoms with Crippen LogP contribution in [0.25, 0.3) is 0 Å². The lowest BCUT2D eigenvalue weighted by molar-refractivity contribution is 0.0588. The topological polar surface area (TPSA) is 68.5 Å². The van der Waals surface area contributed by atoms with E-state index in [0.29, 0.717) is 11.5 Å². The van der Waals surface area contributed by atoms with Crippen molar-refractivity contribution in [3.05, 3.63) is 17.8 Å². The summed E-state index contributed by atoms with van der Waals surface area (Å²) in [5.74, 6) is 0.549. The third kappa shape index (κ3) is 3.62. The van der Waals surface area contributed by atoms with Crippen LogP contribution in [0.2, 0.25) is 0 Å². The van der Waals surface area contributed by atoms with Gasteiger partial charge in [0.1, 0.15) is 11.4 Å². The van der Waals surface area contributed by atoms with E-state index >= 15 is 0 Å². The number of pyridine rings is 1. The molecule has 0 radical (unpaired) electrons. The van der Waals surface area contributed by atoms with E-state index in [2.05, 4.69) is 4.98 Å². The number of rotatable bonds is 1. The molecule has 1 amide bonds. The summed E-state index contributed by atoms with van der Waals surface area (Å²) in [5.41, 5.74) is 6.49. The minimum atomic E-state index is -0.521. The number of carbonyl (C=O) groups excluding carboxylic acids is 1. The molecular formula is C12H19N3O2. The summed E-state index contributed by atoms with van der Waals surface area (Å²) >= 11 is 0. The van der Waals surface area contributed by atoms with Gasteiger partial charge in [0.25, 0.3) is 0 Å². The molecule has 1 aromatic heterocycles. The predicted octanol–water partition coefficient (Wildman–Crippen LogP) is 2.34. The molecule has 5 nitrogen and oxygen atoms in total. The fourth-order valence-corrected chi connectivity index (χ4v) is 1.36. The third-order valence-corrected chi connectivity index (χ3v) is 2.06. The lowest BCUT2D eigenvalue weighted by atomic mass is 10.2. The van der Waals surface area contributed by atoms with Crippen LogP contribution < -0.4 is 10.6 Å². The van der Waals surface area contributed by atoms with E-state index in [0.717, 1.165) is 5.56 Å². The van der Waals surface area contributed by atoms with Crippen molar-refractivity contribution in [2.75, 3.05) is 17.7 Å². The summed E-state index contributed by atoms with van der Waals surface area (Å²) in [5, 5.41) is 0. The number of nitrogens with two attached hydrogens (primary N) is 1. The first-order valence-electron chi connectivity index (χ1n) is 5.39. The van der Waals surface area contributed by atoms with Gasteiger partial charge < -0.3 is 10.5 Å². The van der Waals surface area contributed by atoms with Gasteiger partial charge in [-0.25, -0.2) is 9.78 Å². The van der Waals surface area contributed by atoms with Crippen molar-refractivity contribution >= 4 is 17.6 Å². The highest BCUT2D eigenvalue weighted by molar-refractivity contribution is 5.87. The minimum absolute atomic E-state index is 0.433. The van der Waals surface area contributed by atoms with Crippen LogP contribution in [0.15, 0.2) is 12.3 Å². The van der Waals surface area contributed by atoms with Gasteiger partial charge in [0.15, 0.2) is 0 Å². The molecule has 0 aliphatic rings. The molecular weight excluding hydrogens is 218 g/mol. The number of hydrogen-bond donors (Lipinski definition) is 1. The number of carbonyl (C=O) groups is 1. The molecule has 2 N–H and O–H groups in total. The molecule has 0 bridgehead atoms. The Balaban J connectivity index is 2.89. The molecule has 1 heterocycles. The van der Waals surface area contributed by atoms with Crippen molar-refractivity contribution in [3.63, 3.8) is 0 Å². The van der Waals surface area contributed by atoms with Crippen LogP contribution in [-0.2, 0) is 4.74 Å². The van der Waals surface area contributed by atoms with Crippen LogP contribution in [0, 0.1) is 6.92 Å². The second kappa shape index (κ2) is 4.61. The van der Waals surface area contributed by atoms with Crippen molar-refractivity contribution in [2.45, 2.75) is 33.3 Å². The van der Waals surface area contributed by atoms with Crippen molar-refractivity contribution in [2.24, 2.45) is 0 Å². The number of aryl methyl sites for hydroxylation is 1. The second-order valence-corrected chi connectivity index (χ2v) is 4.95. The lowest BCUT2D eigenvalue weighted by Crippen LogP contribution is -2.35. The normalized spacial score (nSPS) is 11.1. The fraction of sp³-hybridized carbons (Fsp3) is 0.500. The Morgan fingerprint density at radius 2 is 2.06 bits per heavy atom. The molecule has 0 unspecified atom stereocenters. The number of amides is 1. The van der Waals surface area contributed by atoms with E-state index < -0.39 is 11.7 Å². The Bertz CT molecular complexity index is 424. The zero-order valence-corrected chi connectivity index (χ0v) is 10.9. The average molecular weight is 237 g/mol. The molecule has 0 saturated carbocycles. The van der Waals surface area contributed by atoms with Gasteiger partial charge >= 0.3 is 6.09 Å². The predicted molar refractivity (Wildman–Crippen MR) is 68.0 cm³/mol. The van der Waals surface area contributed by atoms with Crippen LogP contribution in [0.5, 0.6) is 0 Å². The Hall–Kier alpha value is -1.78. The van der Waals surface area contributed by atoms with Gasteiger partial charge in [-0.3, -0.25) is 4.90 Å². The van der Waals surface area contributed by atoms with Gasteiger partial charge in [0, 0.05) is 7.05 Å². The van der Waals surface area contributed by atoms with Gasteiger partial charge in [-0.1, -0.05) is 0 Å². The second-order valence-electron chi connectivity index (χ2n) is 4.95. The molecule has 1 rings (SSSR count). The van der Waals surface area contributed by atoms with Crippen molar-refractivity contribution in [3.8, 4) is 0 Å². The van der Waals surface area contributed by atoms with E-state index in [-0.39, 0.29) is 0 Å². The molecule has 5 heteroatoms. The summed E-state index contributed by atoms with van der Waals surface area (Å²) in [6.45, 7) is 7.31. The van der Waals surface area contributed by atoms with Crippen molar-refractivity contribution in [1.29, 1.82) is 0 Å². The standard InChI is InChI=1S/C12H19N3O2/c1-8-6-9(13)7-14-10(8)15(5)11(16)17-12(2,3)4/h6-7H,13H2,1-5H3. The molecule has 94 valence electrons. The van der Waals surface area contributed by atoms with E-state index in [4.69, 9.17) is 10.5 Å². The summed E-state index contributed by atoms with van der Waals surface area (Å²) in [7, 11) is 1.62. The minimum Gasteiger partial charge on any atom is -0.443 e. The quantitative estimate of drug-likeness (QED) is 0.814. The Morgan fingerprint density at radius 1 is 1.47 bits per heavy atom. The van der Waals surface area contributed by atoms with E-state index in [1.165, 1.54) is 11.1 Å². The van der Waals surface area contributed by atoms with Crippen LogP contribution in [0.1, 0.15) is 26.3 Å².